The van der Waals surface area contributed by atoms with Crippen molar-refractivity contribution in [3.05, 3.63) is 18.2 Å². The Balaban J connectivity index is 2.67. The molecule has 0 aliphatic heterocycles. The third kappa shape index (κ3) is 3.57. The lowest BCUT2D eigenvalue weighted by Crippen LogP contribution is -2.41. The molecule has 1 aromatic heterocycles. The zero-order valence-corrected chi connectivity index (χ0v) is 11.8. The fourth-order valence-corrected chi connectivity index (χ4v) is 1.87. The molecule has 0 unspecified atom stereocenters. The van der Waals surface area contributed by atoms with Crippen LogP contribution in [0.1, 0.15) is 39.4 Å². The molecule has 0 bridgehead atoms. The van der Waals surface area contributed by atoms with E-state index in [-0.39, 0.29) is 17.9 Å². The van der Waals surface area contributed by atoms with Crippen LogP contribution in [0, 0.1) is 5.92 Å². The number of nitrogens with one attached hydrogen (secondary N) is 1. The van der Waals surface area contributed by atoms with Crippen LogP contribution in [0.15, 0.2) is 12.5 Å². The number of esters is 1. The Hall–Kier alpha value is -1.36. The van der Waals surface area contributed by atoms with Crippen molar-refractivity contribution >= 4 is 5.97 Å². The largest absolute Gasteiger partial charge is 0.468 e. The van der Waals surface area contributed by atoms with Crippen LogP contribution in [0.2, 0.25) is 0 Å². The molecule has 5 heteroatoms. The molecule has 0 saturated heterocycles. The van der Waals surface area contributed by atoms with Crippen LogP contribution >= 0.6 is 0 Å². The minimum atomic E-state index is -0.287. The number of aromatic nitrogens is 2. The zero-order valence-electron chi connectivity index (χ0n) is 11.8. The molecule has 0 aromatic carbocycles. The molecule has 18 heavy (non-hydrogen) atoms. The van der Waals surface area contributed by atoms with Crippen LogP contribution in [-0.4, -0.2) is 28.7 Å². The maximum absolute atomic E-state index is 11.6. The first-order valence-corrected chi connectivity index (χ1v) is 6.29. The summed E-state index contributed by atoms with van der Waals surface area (Å²) in [4.78, 5) is 15.8. The number of hydrogen-bond acceptors (Lipinski definition) is 4. The van der Waals surface area contributed by atoms with E-state index >= 15 is 0 Å². The Labute approximate surface area is 109 Å². The van der Waals surface area contributed by atoms with E-state index in [1.54, 1.807) is 0 Å². The molecule has 1 atom stereocenters. The minimum Gasteiger partial charge on any atom is -0.468 e. The van der Waals surface area contributed by atoms with Crippen LogP contribution in [0.4, 0.5) is 0 Å². The Kier molecular flexibility index (Phi) is 5.34. The first-order chi connectivity index (χ1) is 8.47. The molecule has 1 N–H and O–H groups in total. The van der Waals surface area contributed by atoms with Crippen molar-refractivity contribution in [3.8, 4) is 0 Å². The van der Waals surface area contributed by atoms with E-state index in [2.05, 4.69) is 28.7 Å². The fraction of sp³-hybridized carbons (Fsp3) is 0.692. The Morgan fingerprint density at radius 3 is 2.61 bits per heavy atom. The standard InChI is InChI=1S/C13H23N3O2/c1-9(2)12(13(17)18-5)15-7-11-6-14-8-16(11)10(3)4/h6,8-10,12,15H,7H2,1-5H3/t12-/m0/s1. The van der Waals surface area contributed by atoms with Crippen LogP contribution in [0.3, 0.4) is 0 Å². The van der Waals surface area contributed by atoms with Gasteiger partial charge in [-0.15, -0.1) is 0 Å². The van der Waals surface area contributed by atoms with Gasteiger partial charge in [0.25, 0.3) is 0 Å². The number of ether oxygens (including phenoxy) is 1. The molecular weight excluding hydrogens is 230 g/mol. The van der Waals surface area contributed by atoms with Gasteiger partial charge in [-0.25, -0.2) is 4.98 Å². The van der Waals surface area contributed by atoms with Crippen LogP contribution in [0.5, 0.6) is 0 Å². The van der Waals surface area contributed by atoms with E-state index in [1.807, 2.05) is 26.4 Å². The van der Waals surface area contributed by atoms with Gasteiger partial charge in [0.1, 0.15) is 6.04 Å². The van der Waals surface area contributed by atoms with Crippen molar-refractivity contribution in [1.82, 2.24) is 14.9 Å². The Morgan fingerprint density at radius 1 is 1.44 bits per heavy atom. The molecule has 1 rings (SSSR count). The first kappa shape index (κ1) is 14.7. The highest BCUT2D eigenvalue weighted by molar-refractivity contribution is 5.75. The van der Waals surface area contributed by atoms with Crippen molar-refractivity contribution < 1.29 is 9.53 Å². The number of carbonyl (C=O) groups is 1. The third-order valence-electron chi connectivity index (χ3n) is 2.93. The van der Waals surface area contributed by atoms with Gasteiger partial charge in [-0.1, -0.05) is 13.8 Å². The van der Waals surface area contributed by atoms with Gasteiger partial charge < -0.3 is 9.30 Å². The molecule has 0 aliphatic rings. The molecule has 0 aliphatic carbocycles. The summed E-state index contributed by atoms with van der Waals surface area (Å²) in [6.07, 6.45) is 3.63. The smallest absolute Gasteiger partial charge is 0.323 e. The highest BCUT2D eigenvalue weighted by Crippen LogP contribution is 2.10. The molecule has 0 saturated carbocycles. The second kappa shape index (κ2) is 6.54. The number of nitrogens with zero attached hydrogens (tertiary/aromatic N) is 2. The van der Waals surface area contributed by atoms with Crippen LogP contribution in [-0.2, 0) is 16.1 Å². The predicted octanol–water partition coefficient (Wildman–Crippen LogP) is 1.75. The van der Waals surface area contributed by atoms with Gasteiger partial charge >= 0.3 is 5.97 Å². The van der Waals surface area contributed by atoms with E-state index in [4.69, 9.17) is 4.74 Å². The molecule has 5 nitrogen and oxygen atoms in total. The highest BCUT2D eigenvalue weighted by Gasteiger charge is 2.22. The summed E-state index contributed by atoms with van der Waals surface area (Å²) in [5.74, 6) is -0.0338. The van der Waals surface area contributed by atoms with E-state index in [0.717, 1.165) is 5.69 Å². The van der Waals surface area contributed by atoms with Crippen molar-refractivity contribution in [1.29, 1.82) is 0 Å². The van der Waals surface area contributed by atoms with Crippen LogP contribution < -0.4 is 5.32 Å². The highest BCUT2D eigenvalue weighted by atomic mass is 16.5. The van der Waals surface area contributed by atoms with Gasteiger partial charge in [0.15, 0.2) is 0 Å². The van der Waals surface area contributed by atoms with Crippen molar-refractivity contribution in [2.24, 2.45) is 5.92 Å². The normalized spacial score (nSPS) is 13.1. The predicted molar refractivity (Wildman–Crippen MR) is 70.1 cm³/mol. The lowest BCUT2D eigenvalue weighted by atomic mass is 10.0. The van der Waals surface area contributed by atoms with Gasteiger partial charge in [-0.05, 0) is 19.8 Å². The second-order valence-electron chi connectivity index (χ2n) is 5.01. The zero-order chi connectivity index (χ0) is 13.7. The summed E-state index contributed by atoms with van der Waals surface area (Å²) < 4.78 is 6.88. The van der Waals surface area contributed by atoms with Gasteiger partial charge in [-0.3, -0.25) is 10.1 Å². The number of hydrogen-bond donors (Lipinski definition) is 1. The molecule has 1 heterocycles. The topological polar surface area (TPSA) is 56.1 Å². The number of carbonyl (C=O) groups excluding carboxylic acids is 1. The molecule has 0 spiro atoms. The van der Waals surface area contributed by atoms with Crippen molar-refractivity contribution in [2.45, 2.75) is 46.3 Å². The van der Waals surface area contributed by atoms with Crippen molar-refractivity contribution in [2.75, 3.05) is 7.11 Å². The summed E-state index contributed by atoms with van der Waals surface area (Å²) in [5.41, 5.74) is 1.07. The van der Waals surface area contributed by atoms with E-state index < -0.39 is 0 Å². The van der Waals surface area contributed by atoms with Gasteiger partial charge in [0, 0.05) is 18.8 Å². The monoisotopic (exact) mass is 253 g/mol. The summed E-state index contributed by atoms with van der Waals surface area (Å²) in [6.45, 7) is 8.80. The second-order valence-corrected chi connectivity index (χ2v) is 5.01. The van der Waals surface area contributed by atoms with Crippen LogP contribution in [0.25, 0.3) is 0 Å². The van der Waals surface area contributed by atoms with Gasteiger partial charge in [-0.2, -0.15) is 0 Å². The van der Waals surface area contributed by atoms with Gasteiger partial charge in [0.05, 0.1) is 19.1 Å². The van der Waals surface area contributed by atoms with Crippen molar-refractivity contribution in [3.63, 3.8) is 0 Å². The summed E-state index contributed by atoms with van der Waals surface area (Å²) in [6, 6.07) is 0.0745. The third-order valence-corrected chi connectivity index (χ3v) is 2.93. The average Bonchev–Trinajstić information content (AvgIpc) is 2.76. The maximum Gasteiger partial charge on any atom is 0.323 e. The Morgan fingerprint density at radius 2 is 2.11 bits per heavy atom. The SMILES string of the molecule is COC(=O)[C@@H](NCc1cncn1C(C)C)C(C)C. The average molecular weight is 253 g/mol. The molecule has 0 amide bonds. The fourth-order valence-electron chi connectivity index (χ4n) is 1.87. The molecule has 0 fully saturated rings. The molecular formula is C13H23N3O2. The molecule has 0 radical (unpaired) electrons. The maximum atomic E-state index is 11.6. The van der Waals surface area contributed by atoms with E-state index in [1.165, 1.54) is 7.11 Å². The number of methoxy groups -OCH3 is 1. The summed E-state index contributed by atoms with van der Waals surface area (Å²) >= 11 is 0. The Bertz CT molecular complexity index is 385. The van der Waals surface area contributed by atoms with E-state index in [9.17, 15) is 4.79 Å². The first-order valence-electron chi connectivity index (χ1n) is 6.29. The number of imidazole rings is 1. The minimum absolute atomic E-state index is 0.188. The number of rotatable bonds is 6. The summed E-state index contributed by atoms with van der Waals surface area (Å²) in [5, 5.41) is 3.23. The lowest BCUT2D eigenvalue weighted by molar-refractivity contribution is -0.144. The van der Waals surface area contributed by atoms with Gasteiger partial charge in [0.2, 0.25) is 0 Å². The lowest BCUT2D eigenvalue weighted by Gasteiger charge is -2.20. The molecule has 102 valence electrons. The van der Waals surface area contributed by atoms with E-state index in [0.29, 0.717) is 12.6 Å². The summed E-state index contributed by atoms with van der Waals surface area (Å²) in [7, 11) is 1.41. The quantitative estimate of drug-likeness (QED) is 0.785. The molecule has 1 aromatic rings.